The zero-order valence-electron chi connectivity index (χ0n) is 17.9. The lowest BCUT2D eigenvalue weighted by Crippen LogP contribution is -2.69. The number of ether oxygens (including phenoxy) is 5. The van der Waals surface area contributed by atoms with Crippen LogP contribution in [0, 0.1) is 0 Å². The van der Waals surface area contributed by atoms with Crippen molar-refractivity contribution in [1.29, 1.82) is 0 Å². The number of amides is 8. The average molecular weight is 498 g/mol. The van der Waals surface area contributed by atoms with E-state index in [-0.39, 0.29) is 0 Å². The summed E-state index contributed by atoms with van der Waals surface area (Å²) in [4.78, 5) is 102. The lowest BCUT2D eigenvalue weighted by molar-refractivity contribution is -0.251. The van der Waals surface area contributed by atoms with E-state index in [1.54, 1.807) is 0 Å². The van der Waals surface area contributed by atoms with Crippen molar-refractivity contribution in [1.82, 2.24) is 19.6 Å². The number of morpholine rings is 4. The molecule has 4 heterocycles. The Hall–Kier alpha value is -3.64. The molecule has 8 amide bonds. The number of hydrogen-bond acceptors (Lipinski definition) is 13. The van der Waals surface area contributed by atoms with Crippen molar-refractivity contribution in [3.63, 3.8) is 0 Å². The fraction of sp³-hybridized carbons (Fsp3) is 0.556. The third-order valence-electron chi connectivity index (χ3n) is 5.08. The van der Waals surface area contributed by atoms with E-state index in [0.29, 0.717) is 19.6 Å². The van der Waals surface area contributed by atoms with Gasteiger partial charge in [0.05, 0.1) is 0 Å². The topological polar surface area (TPSA) is 196 Å². The van der Waals surface area contributed by atoms with Crippen LogP contribution in [0.5, 0.6) is 0 Å². The van der Waals surface area contributed by atoms with Crippen LogP contribution < -0.4 is 0 Å². The van der Waals surface area contributed by atoms with Gasteiger partial charge in [-0.2, -0.15) is 0 Å². The van der Waals surface area contributed by atoms with Crippen molar-refractivity contribution in [2.45, 2.75) is 12.7 Å². The highest BCUT2D eigenvalue weighted by Crippen LogP contribution is 2.23. The second-order valence-corrected chi connectivity index (χ2v) is 7.39. The lowest BCUT2D eigenvalue weighted by atomic mass is 10.3. The Morgan fingerprint density at radius 2 is 0.571 bits per heavy atom. The van der Waals surface area contributed by atoms with Gasteiger partial charge in [0.25, 0.3) is 47.3 Å². The summed E-state index contributed by atoms with van der Waals surface area (Å²) in [6.45, 7) is -5.05. The molecule has 0 atom stereocenters. The molecule has 4 rings (SSSR count). The predicted molar refractivity (Wildman–Crippen MR) is 99.3 cm³/mol. The van der Waals surface area contributed by atoms with Gasteiger partial charge in [-0.05, 0) is 0 Å². The third-order valence-corrected chi connectivity index (χ3v) is 5.08. The Bertz CT molecular complexity index is 794. The molecule has 35 heavy (non-hydrogen) atoms. The first-order chi connectivity index (χ1) is 16.7. The van der Waals surface area contributed by atoms with E-state index < -0.39 is 113 Å². The summed E-state index contributed by atoms with van der Waals surface area (Å²) in [5.41, 5.74) is 0. The number of carbonyl (C=O) groups is 8. The molecule has 4 fully saturated rings. The highest BCUT2D eigenvalue weighted by Gasteiger charge is 2.50. The van der Waals surface area contributed by atoms with Crippen LogP contribution in [-0.4, -0.2) is 132 Å². The normalized spacial score (nSPS) is 22.9. The Morgan fingerprint density at radius 1 is 0.400 bits per heavy atom. The largest absolute Gasteiger partial charge is 0.362 e. The standard InChI is InChI=1S/C18H18N4O13/c23-9-1-31-2-10(24)19(9)17(20-11(25)3-32-4-12(20)26)35-18(21-13(27)5-33-6-14(21)28)22-15(29)7-34-8-16(22)30/h17-18H,1-8H2. The molecule has 17 heteroatoms. The molecule has 4 aliphatic heterocycles. The summed E-state index contributed by atoms with van der Waals surface area (Å²) in [5, 5.41) is 0. The fourth-order valence-corrected chi connectivity index (χ4v) is 3.58. The van der Waals surface area contributed by atoms with Crippen LogP contribution in [0.25, 0.3) is 0 Å². The minimum absolute atomic E-state index is 0.377. The van der Waals surface area contributed by atoms with Gasteiger partial charge in [-0.15, -0.1) is 0 Å². The van der Waals surface area contributed by atoms with Crippen molar-refractivity contribution in [2.75, 3.05) is 52.9 Å². The molecule has 0 aromatic carbocycles. The van der Waals surface area contributed by atoms with Gasteiger partial charge in [0, 0.05) is 0 Å². The van der Waals surface area contributed by atoms with E-state index in [2.05, 4.69) is 0 Å². The molecule has 0 N–H and O–H groups in total. The van der Waals surface area contributed by atoms with Crippen LogP contribution in [0.15, 0.2) is 0 Å². The fourth-order valence-electron chi connectivity index (χ4n) is 3.58. The van der Waals surface area contributed by atoms with Crippen LogP contribution in [0.3, 0.4) is 0 Å². The molecule has 188 valence electrons. The summed E-state index contributed by atoms with van der Waals surface area (Å²) in [6, 6.07) is 0. The number of imide groups is 4. The van der Waals surface area contributed by atoms with E-state index in [9.17, 15) is 38.4 Å². The van der Waals surface area contributed by atoms with Crippen molar-refractivity contribution >= 4 is 47.3 Å². The van der Waals surface area contributed by atoms with E-state index in [1.165, 1.54) is 0 Å². The monoisotopic (exact) mass is 498 g/mol. The Balaban J connectivity index is 1.80. The maximum atomic E-state index is 12.6. The van der Waals surface area contributed by atoms with Crippen molar-refractivity contribution < 1.29 is 62.0 Å². The van der Waals surface area contributed by atoms with Gasteiger partial charge in [0.15, 0.2) is 0 Å². The molecule has 0 radical (unpaired) electrons. The second-order valence-electron chi connectivity index (χ2n) is 7.39. The maximum absolute atomic E-state index is 12.6. The van der Waals surface area contributed by atoms with E-state index in [0.717, 1.165) is 0 Å². The molecule has 4 saturated heterocycles. The van der Waals surface area contributed by atoms with Gasteiger partial charge in [0.2, 0.25) is 12.7 Å². The summed E-state index contributed by atoms with van der Waals surface area (Å²) in [6.07, 6.45) is -4.39. The highest BCUT2D eigenvalue weighted by atomic mass is 16.6. The Morgan fingerprint density at radius 3 is 0.743 bits per heavy atom. The molecule has 4 aliphatic rings. The molecular formula is C18H18N4O13. The number of carbonyl (C=O) groups excluding carboxylic acids is 8. The van der Waals surface area contributed by atoms with E-state index in [4.69, 9.17) is 23.7 Å². The van der Waals surface area contributed by atoms with E-state index >= 15 is 0 Å². The van der Waals surface area contributed by atoms with Crippen molar-refractivity contribution in [2.24, 2.45) is 0 Å². The summed E-state index contributed by atoms with van der Waals surface area (Å²) in [7, 11) is 0. The Kier molecular flexibility index (Phi) is 6.94. The number of nitrogens with zero attached hydrogens (tertiary/aromatic N) is 4. The molecule has 0 unspecified atom stereocenters. The van der Waals surface area contributed by atoms with Gasteiger partial charge in [-0.1, -0.05) is 0 Å². The first-order valence-corrected chi connectivity index (χ1v) is 10.1. The first-order valence-electron chi connectivity index (χ1n) is 10.1. The van der Waals surface area contributed by atoms with Crippen LogP contribution in [0.1, 0.15) is 0 Å². The second kappa shape index (κ2) is 9.92. The minimum atomic E-state index is -2.19. The van der Waals surface area contributed by atoms with Crippen molar-refractivity contribution in [3.8, 4) is 0 Å². The van der Waals surface area contributed by atoms with Crippen LogP contribution in [0.4, 0.5) is 0 Å². The third kappa shape index (κ3) is 4.66. The number of rotatable bonds is 6. The SMILES string of the molecule is O=C1COCC(=O)N1C(OC(N1C(=O)COCC1=O)N1C(=O)COCC1=O)N1C(=O)COCC1=O. The van der Waals surface area contributed by atoms with Gasteiger partial charge < -0.3 is 18.9 Å². The molecule has 0 saturated carbocycles. The quantitative estimate of drug-likeness (QED) is 0.316. The highest BCUT2D eigenvalue weighted by molar-refractivity contribution is 6.03. The molecule has 0 aromatic rings. The molecule has 0 bridgehead atoms. The predicted octanol–water partition coefficient (Wildman–Crippen LogP) is -4.89. The van der Waals surface area contributed by atoms with E-state index in [1.807, 2.05) is 0 Å². The summed E-state index contributed by atoms with van der Waals surface area (Å²) in [5.74, 6) is -8.25. The van der Waals surface area contributed by atoms with Gasteiger partial charge in [-0.25, -0.2) is 19.6 Å². The number of hydrogen-bond donors (Lipinski definition) is 0. The average Bonchev–Trinajstić information content (AvgIpc) is 2.78. The van der Waals surface area contributed by atoms with Crippen LogP contribution >= 0.6 is 0 Å². The zero-order chi connectivity index (χ0) is 25.3. The van der Waals surface area contributed by atoms with Gasteiger partial charge in [-0.3, -0.25) is 43.1 Å². The molecular weight excluding hydrogens is 480 g/mol. The van der Waals surface area contributed by atoms with Gasteiger partial charge in [0.1, 0.15) is 52.9 Å². The van der Waals surface area contributed by atoms with Crippen LogP contribution in [0.2, 0.25) is 0 Å². The zero-order valence-corrected chi connectivity index (χ0v) is 17.9. The summed E-state index contributed by atoms with van der Waals surface area (Å²) < 4.78 is 25.1. The lowest BCUT2D eigenvalue weighted by Gasteiger charge is -2.45. The molecule has 0 aromatic heterocycles. The van der Waals surface area contributed by atoms with Crippen molar-refractivity contribution in [3.05, 3.63) is 0 Å². The van der Waals surface area contributed by atoms with Gasteiger partial charge >= 0.3 is 0 Å². The molecule has 0 aliphatic carbocycles. The smallest absolute Gasteiger partial charge is 0.258 e. The molecule has 17 nitrogen and oxygen atoms in total. The molecule has 0 spiro atoms. The first kappa shape index (κ1) is 24.5. The van der Waals surface area contributed by atoms with Crippen LogP contribution in [-0.2, 0) is 62.0 Å². The maximum Gasteiger partial charge on any atom is 0.258 e. The minimum Gasteiger partial charge on any atom is -0.362 e. The summed E-state index contributed by atoms with van der Waals surface area (Å²) >= 11 is 0. The Labute approximate surface area is 195 Å².